The lowest BCUT2D eigenvalue weighted by Crippen LogP contribution is -2.32. The molecule has 0 aliphatic heterocycles. The van der Waals surface area contributed by atoms with Crippen LogP contribution in [0.4, 0.5) is 10.1 Å². The summed E-state index contributed by atoms with van der Waals surface area (Å²) in [5.74, 6) is -0.290. The van der Waals surface area contributed by atoms with E-state index in [1.54, 1.807) is 18.3 Å². The molecule has 0 aliphatic rings. The molecule has 0 radical (unpaired) electrons. The number of imidazole rings is 1. The van der Waals surface area contributed by atoms with E-state index in [2.05, 4.69) is 10.3 Å². The summed E-state index contributed by atoms with van der Waals surface area (Å²) in [6.07, 6.45) is 3.61. The van der Waals surface area contributed by atoms with Crippen LogP contribution in [0.2, 0.25) is 0 Å². The van der Waals surface area contributed by atoms with E-state index in [0.717, 1.165) is 35.7 Å². The van der Waals surface area contributed by atoms with Crippen LogP contribution in [-0.2, 0) is 21.2 Å². The first-order valence-electron chi connectivity index (χ1n) is 8.64. The first kappa shape index (κ1) is 19.8. The lowest BCUT2D eigenvalue weighted by Gasteiger charge is -2.14. The first-order valence-corrected chi connectivity index (χ1v) is 10.2. The quantitative estimate of drug-likeness (QED) is 0.643. The number of anilines is 1. The molecule has 1 N–H and O–H groups in total. The number of hydrogen-bond donors (Lipinski definition) is 1. The summed E-state index contributed by atoms with van der Waals surface area (Å²) in [4.78, 5) is 16.5. The lowest BCUT2D eigenvalue weighted by molar-refractivity contribution is -0.115. The number of carbonyl (C=O) groups excluding carboxylic acids is 1. The highest BCUT2D eigenvalue weighted by Crippen LogP contribution is 2.19. The number of sulfone groups is 1. The second kappa shape index (κ2) is 7.93. The molecule has 28 heavy (non-hydrogen) atoms. The minimum Gasteiger partial charge on any atom is -0.331 e. The molecule has 0 fully saturated rings. The highest BCUT2D eigenvalue weighted by molar-refractivity contribution is 7.92. The van der Waals surface area contributed by atoms with Gasteiger partial charge in [-0.15, -0.1) is 0 Å². The van der Waals surface area contributed by atoms with Gasteiger partial charge in [0.1, 0.15) is 16.9 Å². The van der Waals surface area contributed by atoms with Gasteiger partial charge in [-0.2, -0.15) is 0 Å². The fourth-order valence-electron chi connectivity index (χ4n) is 2.67. The number of carbonyl (C=O) groups is 1. The van der Waals surface area contributed by atoms with E-state index in [9.17, 15) is 17.6 Å². The Morgan fingerprint density at radius 1 is 1.14 bits per heavy atom. The molecular weight excluding hydrogens is 381 g/mol. The Bertz CT molecular complexity index is 1070. The number of nitrogens with one attached hydrogen (secondary N) is 1. The molecular formula is C20H20FN3O3S. The fourth-order valence-corrected chi connectivity index (χ4v) is 3.94. The van der Waals surface area contributed by atoms with Crippen molar-refractivity contribution in [2.24, 2.45) is 0 Å². The zero-order valence-electron chi connectivity index (χ0n) is 15.5. The van der Waals surface area contributed by atoms with Gasteiger partial charge in [-0.3, -0.25) is 4.79 Å². The molecule has 0 aliphatic carbocycles. The molecule has 0 bridgehead atoms. The van der Waals surface area contributed by atoms with E-state index < -0.39 is 26.8 Å². The molecule has 8 heteroatoms. The summed E-state index contributed by atoms with van der Waals surface area (Å²) < 4.78 is 40.1. The summed E-state index contributed by atoms with van der Waals surface area (Å²) in [6, 6.07) is 11.6. The molecule has 146 valence electrons. The molecule has 6 nitrogen and oxygen atoms in total. The van der Waals surface area contributed by atoms with Crippen molar-refractivity contribution in [2.75, 3.05) is 5.32 Å². The summed E-state index contributed by atoms with van der Waals surface area (Å²) in [5, 5.41) is 1.30. The molecule has 0 spiro atoms. The average Bonchev–Trinajstić information content (AvgIpc) is 3.07. The number of amides is 1. The van der Waals surface area contributed by atoms with Crippen LogP contribution in [0.5, 0.6) is 0 Å². The van der Waals surface area contributed by atoms with Crippen LogP contribution >= 0.6 is 0 Å². The fraction of sp³-hybridized carbons (Fsp3) is 0.200. The van der Waals surface area contributed by atoms with Crippen LogP contribution < -0.4 is 5.32 Å². The van der Waals surface area contributed by atoms with E-state index in [1.165, 1.54) is 6.92 Å². The Morgan fingerprint density at radius 3 is 2.36 bits per heavy atom. The number of nitrogens with zero attached hydrogens (tertiary/aromatic N) is 2. The summed E-state index contributed by atoms with van der Waals surface area (Å²) >= 11 is 0. The van der Waals surface area contributed by atoms with Crippen LogP contribution in [0.1, 0.15) is 18.3 Å². The predicted molar refractivity (Wildman–Crippen MR) is 104 cm³/mol. The first-order chi connectivity index (χ1) is 13.3. The van der Waals surface area contributed by atoms with Crippen molar-refractivity contribution >= 4 is 21.4 Å². The van der Waals surface area contributed by atoms with Crippen LogP contribution in [0.15, 0.2) is 65.8 Å². The number of rotatable bonds is 6. The molecule has 1 atom stereocenters. The van der Waals surface area contributed by atoms with Crippen molar-refractivity contribution < 1.29 is 17.6 Å². The Kier molecular flexibility index (Phi) is 5.60. The molecule has 1 amide bonds. The van der Waals surface area contributed by atoms with Crippen LogP contribution in [0.3, 0.4) is 0 Å². The molecule has 3 aromatic rings. The zero-order valence-corrected chi connectivity index (χ0v) is 16.3. The highest BCUT2D eigenvalue weighted by atomic mass is 32.2. The van der Waals surface area contributed by atoms with Gasteiger partial charge in [0.25, 0.3) is 0 Å². The Labute approximate surface area is 163 Å². The Hall–Kier alpha value is -3.00. The van der Waals surface area contributed by atoms with Gasteiger partial charge >= 0.3 is 0 Å². The smallest absolute Gasteiger partial charge is 0.242 e. The van der Waals surface area contributed by atoms with Gasteiger partial charge in [0, 0.05) is 24.6 Å². The second-order valence-electron chi connectivity index (χ2n) is 6.43. The van der Waals surface area contributed by atoms with Crippen LogP contribution in [0, 0.1) is 12.7 Å². The zero-order chi connectivity index (χ0) is 20.3. The van der Waals surface area contributed by atoms with Gasteiger partial charge in [-0.25, -0.2) is 17.8 Å². The largest absolute Gasteiger partial charge is 0.331 e. The summed E-state index contributed by atoms with van der Waals surface area (Å²) in [7, 11) is -3.91. The Morgan fingerprint density at radius 2 is 1.79 bits per heavy atom. The molecule has 2 aromatic carbocycles. The van der Waals surface area contributed by atoms with Crippen molar-refractivity contribution in [3.05, 3.63) is 78.1 Å². The van der Waals surface area contributed by atoms with Gasteiger partial charge in [-0.05, 0) is 55.8 Å². The second-order valence-corrected chi connectivity index (χ2v) is 8.70. The number of benzene rings is 2. The molecule has 0 saturated carbocycles. The van der Waals surface area contributed by atoms with Crippen LogP contribution in [0.25, 0.3) is 0 Å². The monoisotopic (exact) mass is 401 g/mol. The van der Waals surface area contributed by atoms with E-state index >= 15 is 0 Å². The van der Waals surface area contributed by atoms with E-state index in [4.69, 9.17) is 0 Å². The van der Waals surface area contributed by atoms with Crippen molar-refractivity contribution in [1.82, 2.24) is 9.55 Å². The third-order valence-electron chi connectivity index (χ3n) is 4.47. The normalized spacial score (nSPS) is 12.5. The topological polar surface area (TPSA) is 81.1 Å². The third kappa shape index (κ3) is 4.28. The average molecular weight is 401 g/mol. The maximum Gasteiger partial charge on any atom is 0.242 e. The molecule has 0 saturated heterocycles. The molecule has 1 heterocycles. The van der Waals surface area contributed by atoms with Gasteiger partial charge in [0.15, 0.2) is 9.84 Å². The van der Waals surface area contributed by atoms with Gasteiger partial charge in [-0.1, -0.05) is 12.1 Å². The van der Waals surface area contributed by atoms with Crippen molar-refractivity contribution in [3.8, 4) is 0 Å². The summed E-state index contributed by atoms with van der Waals surface area (Å²) in [5.41, 5.74) is 1.52. The Balaban J connectivity index is 1.68. The van der Waals surface area contributed by atoms with E-state index in [0.29, 0.717) is 12.2 Å². The number of halogens is 1. The maximum absolute atomic E-state index is 13.0. The minimum atomic E-state index is -3.91. The standard InChI is InChI=1S/C20H20FN3O3S/c1-14(28(26,27)19-9-5-17(21)6-10-19)20(25)23-18-7-3-16(4-8-18)13-24-12-11-22-15(24)2/h3-12,14H,13H2,1-2H3,(H,23,25). The minimum absolute atomic E-state index is 0.0948. The van der Waals surface area contributed by atoms with Crippen LogP contribution in [-0.4, -0.2) is 29.1 Å². The SMILES string of the molecule is Cc1nccn1Cc1ccc(NC(=O)C(C)S(=O)(=O)c2ccc(F)cc2)cc1. The highest BCUT2D eigenvalue weighted by Gasteiger charge is 2.29. The van der Waals surface area contributed by atoms with Crippen molar-refractivity contribution in [1.29, 1.82) is 0 Å². The third-order valence-corrected chi connectivity index (χ3v) is 6.55. The van der Waals surface area contributed by atoms with Gasteiger partial charge in [0.2, 0.25) is 5.91 Å². The van der Waals surface area contributed by atoms with Crippen molar-refractivity contribution in [3.63, 3.8) is 0 Å². The number of aryl methyl sites for hydroxylation is 1. The van der Waals surface area contributed by atoms with E-state index in [1.807, 2.05) is 29.8 Å². The summed E-state index contributed by atoms with van der Waals surface area (Å²) in [6.45, 7) is 3.87. The lowest BCUT2D eigenvalue weighted by atomic mass is 10.2. The van der Waals surface area contributed by atoms with Gasteiger partial charge < -0.3 is 9.88 Å². The predicted octanol–water partition coefficient (Wildman–Crippen LogP) is 3.18. The van der Waals surface area contributed by atoms with Crippen molar-refractivity contribution in [2.45, 2.75) is 30.5 Å². The molecule has 1 unspecified atom stereocenters. The number of hydrogen-bond acceptors (Lipinski definition) is 4. The van der Waals surface area contributed by atoms with E-state index in [-0.39, 0.29) is 4.90 Å². The van der Waals surface area contributed by atoms with Gasteiger partial charge in [0.05, 0.1) is 4.90 Å². The number of aromatic nitrogens is 2. The maximum atomic E-state index is 13.0. The molecule has 3 rings (SSSR count). The molecule has 1 aromatic heterocycles.